The van der Waals surface area contributed by atoms with Crippen LogP contribution in [0.3, 0.4) is 0 Å². The second kappa shape index (κ2) is 15.8. The predicted octanol–water partition coefficient (Wildman–Crippen LogP) is -4.33. The van der Waals surface area contributed by atoms with E-state index in [4.69, 9.17) is 28.0 Å². The van der Waals surface area contributed by atoms with Crippen molar-refractivity contribution in [2.45, 2.75) is 56.7 Å². The molecule has 0 aromatic heterocycles. The molecule has 0 rings (SSSR count). The minimum atomic E-state index is -1.49. The molecule has 34 heavy (non-hydrogen) atoms. The van der Waals surface area contributed by atoms with Gasteiger partial charge in [0.2, 0.25) is 23.6 Å². The SMILES string of the molecule is NC(=O)CCC(NC(=O)C(CCC(=O)O)NC(=O)CNC(=O)C(N)CCCN=C(N)N)C(=O)O. The van der Waals surface area contributed by atoms with E-state index < -0.39 is 66.7 Å². The van der Waals surface area contributed by atoms with Crippen LogP contribution in [0.1, 0.15) is 38.5 Å². The van der Waals surface area contributed by atoms with E-state index in [-0.39, 0.29) is 38.2 Å². The van der Waals surface area contributed by atoms with E-state index in [0.717, 1.165) is 0 Å². The predicted molar refractivity (Wildman–Crippen MR) is 118 cm³/mol. The molecule has 13 N–H and O–H groups in total. The third-order valence-corrected chi connectivity index (χ3v) is 4.32. The number of nitrogens with zero attached hydrogens (tertiary/aromatic N) is 1. The summed E-state index contributed by atoms with van der Waals surface area (Å²) < 4.78 is 0. The average Bonchev–Trinajstić information content (AvgIpc) is 2.74. The quantitative estimate of drug-likeness (QED) is 0.0535. The monoisotopic (exact) mass is 488 g/mol. The summed E-state index contributed by atoms with van der Waals surface area (Å²) in [4.78, 5) is 73.4. The Morgan fingerprint density at radius 2 is 1.44 bits per heavy atom. The van der Waals surface area contributed by atoms with Gasteiger partial charge in [-0.3, -0.25) is 29.0 Å². The van der Waals surface area contributed by atoms with Crippen LogP contribution in [0.5, 0.6) is 0 Å². The van der Waals surface area contributed by atoms with Gasteiger partial charge in [0.05, 0.1) is 12.6 Å². The Kier molecular flexibility index (Phi) is 14.0. The summed E-state index contributed by atoms with van der Waals surface area (Å²) in [5.41, 5.74) is 21.1. The lowest BCUT2D eigenvalue weighted by Crippen LogP contribution is -2.54. The molecule has 0 heterocycles. The van der Waals surface area contributed by atoms with Gasteiger partial charge < -0.3 is 49.1 Å². The Labute approximate surface area is 194 Å². The molecule has 0 fully saturated rings. The summed E-state index contributed by atoms with van der Waals surface area (Å²) in [6.07, 6.45) is -0.834. The van der Waals surface area contributed by atoms with Crippen molar-refractivity contribution in [1.29, 1.82) is 0 Å². The molecular formula is C18H32N8O8. The highest BCUT2D eigenvalue weighted by molar-refractivity contribution is 5.92. The first kappa shape index (κ1) is 30.1. The maximum Gasteiger partial charge on any atom is 0.326 e. The highest BCUT2D eigenvalue weighted by atomic mass is 16.4. The molecule has 0 aliphatic rings. The molecular weight excluding hydrogens is 456 g/mol. The van der Waals surface area contributed by atoms with Gasteiger partial charge in [-0.05, 0) is 25.7 Å². The molecule has 16 heteroatoms. The summed E-state index contributed by atoms with van der Waals surface area (Å²) in [5.74, 6) is -6.04. The Morgan fingerprint density at radius 3 is 1.97 bits per heavy atom. The molecule has 4 amide bonds. The first-order chi connectivity index (χ1) is 15.8. The van der Waals surface area contributed by atoms with Gasteiger partial charge >= 0.3 is 11.9 Å². The van der Waals surface area contributed by atoms with E-state index in [1.54, 1.807) is 0 Å². The number of primary amides is 1. The van der Waals surface area contributed by atoms with E-state index in [2.05, 4.69) is 20.9 Å². The van der Waals surface area contributed by atoms with Crippen molar-refractivity contribution >= 4 is 41.5 Å². The summed E-state index contributed by atoms with van der Waals surface area (Å²) in [5, 5.41) is 24.7. The van der Waals surface area contributed by atoms with E-state index in [1.165, 1.54) is 0 Å². The fraction of sp³-hybridized carbons (Fsp3) is 0.611. The number of carbonyl (C=O) groups excluding carboxylic acids is 4. The molecule has 192 valence electrons. The van der Waals surface area contributed by atoms with Crippen LogP contribution in [-0.2, 0) is 28.8 Å². The van der Waals surface area contributed by atoms with Crippen LogP contribution in [0.25, 0.3) is 0 Å². The normalized spacial score (nSPS) is 13.0. The lowest BCUT2D eigenvalue weighted by Gasteiger charge is -2.21. The van der Waals surface area contributed by atoms with Crippen molar-refractivity contribution in [3.63, 3.8) is 0 Å². The van der Waals surface area contributed by atoms with Gasteiger partial charge in [-0.2, -0.15) is 0 Å². The number of amides is 4. The summed E-state index contributed by atoms with van der Waals surface area (Å²) in [6.45, 7) is -0.303. The van der Waals surface area contributed by atoms with Crippen molar-refractivity contribution in [1.82, 2.24) is 16.0 Å². The molecule has 3 atom stereocenters. The number of aliphatic carboxylic acids is 2. The van der Waals surface area contributed by atoms with Crippen molar-refractivity contribution in [3.05, 3.63) is 0 Å². The lowest BCUT2D eigenvalue weighted by atomic mass is 10.1. The number of carbonyl (C=O) groups is 6. The van der Waals surface area contributed by atoms with E-state index in [9.17, 15) is 33.9 Å². The number of aliphatic imine (C=N–C) groups is 1. The third-order valence-electron chi connectivity index (χ3n) is 4.32. The molecule has 0 radical (unpaired) electrons. The molecule has 0 bridgehead atoms. The first-order valence-electron chi connectivity index (χ1n) is 10.2. The standard InChI is InChI=1S/C18H32N8O8/c19-9(2-1-7-23-18(21)22)15(31)24-8-13(28)25-10(4-6-14(29)30)16(32)26-11(17(33)34)3-5-12(20)27/h9-11H,1-8,19H2,(H2,20,27)(H,24,31)(H,25,28)(H,26,32)(H,29,30)(H,33,34)(H4,21,22,23). The largest absolute Gasteiger partial charge is 0.481 e. The van der Waals surface area contributed by atoms with Crippen LogP contribution in [0.4, 0.5) is 0 Å². The van der Waals surface area contributed by atoms with Gasteiger partial charge in [0.25, 0.3) is 0 Å². The van der Waals surface area contributed by atoms with Crippen LogP contribution in [0.15, 0.2) is 4.99 Å². The first-order valence-corrected chi connectivity index (χ1v) is 10.2. The van der Waals surface area contributed by atoms with Gasteiger partial charge in [-0.25, -0.2) is 4.79 Å². The van der Waals surface area contributed by atoms with Crippen molar-refractivity contribution in [3.8, 4) is 0 Å². The number of guanidine groups is 1. The number of carboxylic acids is 2. The number of rotatable bonds is 17. The van der Waals surface area contributed by atoms with Crippen molar-refractivity contribution in [2.75, 3.05) is 13.1 Å². The zero-order chi connectivity index (χ0) is 26.3. The second-order valence-electron chi connectivity index (χ2n) is 7.23. The molecule has 0 aromatic carbocycles. The van der Waals surface area contributed by atoms with Crippen LogP contribution in [0, 0.1) is 0 Å². The van der Waals surface area contributed by atoms with Crippen LogP contribution < -0.4 is 38.9 Å². The lowest BCUT2D eigenvalue weighted by molar-refractivity contribution is -0.143. The molecule has 16 nitrogen and oxygen atoms in total. The van der Waals surface area contributed by atoms with Crippen LogP contribution in [0.2, 0.25) is 0 Å². The van der Waals surface area contributed by atoms with Crippen LogP contribution in [-0.4, -0.2) is 83.0 Å². The van der Waals surface area contributed by atoms with E-state index in [0.29, 0.717) is 6.42 Å². The fourth-order valence-corrected chi connectivity index (χ4v) is 2.55. The van der Waals surface area contributed by atoms with Crippen molar-refractivity contribution < 1.29 is 39.0 Å². The van der Waals surface area contributed by atoms with Gasteiger partial charge in [0.15, 0.2) is 5.96 Å². The fourth-order valence-electron chi connectivity index (χ4n) is 2.55. The Bertz CT molecular complexity index is 784. The van der Waals surface area contributed by atoms with Crippen LogP contribution >= 0.6 is 0 Å². The minimum Gasteiger partial charge on any atom is -0.481 e. The molecule has 0 aliphatic heterocycles. The molecule has 0 saturated heterocycles. The maximum atomic E-state index is 12.5. The Balaban J connectivity index is 4.89. The van der Waals surface area contributed by atoms with Gasteiger partial charge in [0.1, 0.15) is 12.1 Å². The Hall–Kier alpha value is -3.95. The number of nitrogens with two attached hydrogens (primary N) is 4. The van der Waals surface area contributed by atoms with Gasteiger partial charge in [-0.1, -0.05) is 0 Å². The van der Waals surface area contributed by atoms with Gasteiger partial charge in [0, 0.05) is 19.4 Å². The Morgan fingerprint density at radius 1 is 0.824 bits per heavy atom. The zero-order valence-corrected chi connectivity index (χ0v) is 18.5. The summed E-state index contributed by atoms with van der Waals surface area (Å²) in [6, 6.07) is -3.85. The summed E-state index contributed by atoms with van der Waals surface area (Å²) >= 11 is 0. The molecule has 0 saturated carbocycles. The smallest absolute Gasteiger partial charge is 0.326 e. The topological polar surface area (TPSA) is 295 Å². The molecule has 3 unspecified atom stereocenters. The second-order valence-corrected chi connectivity index (χ2v) is 7.23. The van der Waals surface area contributed by atoms with Gasteiger partial charge in [-0.15, -0.1) is 0 Å². The minimum absolute atomic E-state index is 0.0984. The average molecular weight is 489 g/mol. The highest BCUT2D eigenvalue weighted by Crippen LogP contribution is 2.03. The maximum absolute atomic E-state index is 12.5. The number of hydrogen-bond donors (Lipinski definition) is 9. The molecule has 0 aromatic rings. The van der Waals surface area contributed by atoms with E-state index in [1.807, 2.05) is 0 Å². The zero-order valence-electron chi connectivity index (χ0n) is 18.5. The van der Waals surface area contributed by atoms with E-state index >= 15 is 0 Å². The number of nitrogens with one attached hydrogen (secondary N) is 3. The highest BCUT2D eigenvalue weighted by Gasteiger charge is 2.27. The third kappa shape index (κ3) is 14.2. The number of carboxylic acid groups (broad SMARTS) is 2. The summed E-state index contributed by atoms with van der Waals surface area (Å²) in [7, 11) is 0. The van der Waals surface area contributed by atoms with Crippen molar-refractivity contribution in [2.24, 2.45) is 27.9 Å². The molecule has 0 aliphatic carbocycles. The number of hydrogen-bond acceptors (Lipinski definition) is 8. The molecule has 0 spiro atoms.